The van der Waals surface area contributed by atoms with Crippen LogP contribution in [-0.4, -0.2) is 16.1 Å². The summed E-state index contributed by atoms with van der Waals surface area (Å²) in [5.41, 5.74) is 0. The lowest BCUT2D eigenvalue weighted by Crippen LogP contribution is -2.23. The molecule has 1 N–H and O–H groups in total. The van der Waals surface area contributed by atoms with Crippen LogP contribution in [0.5, 0.6) is 0 Å². The second kappa shape index (κ2) is 5.67. The quantitative estimate of drug-likeness (QED) is 0.904. The van der Waals surface area contributed by atoms with Crippen LogP contribution in [0.25, 0.3) is 0 Å². The SMILES string of the molecule is CCNC(Cc1nccn1C)c1sccc1Cl. The van der Waals surface area contributed by atoms with Gasteiger partial charge in [0.2, 0.25) is 0 Å². The van der Waals surface area contributed by atoms with Crippen molar-refractivity contribution in [1.29, 1.82) is 0 Å². The van der Waals surface area contributed by atoms with Gasteiger partial charge >= 0.3 is 0 Å². The minimum absolute atomic E-state index is 0.244. The molecule has 92 valence electrons. The van der Waals surface area contributed by atoms with Crippen molar-refractivity contribution in [1.82, 2.24) is 14.9 Å². The number of aryl methyl sites for hydroxylation is 1. The standard InChI is InChI=1S/C12H16ClN3S/c1-3-14-10(12-9(13)4-7-17-12)8-11-15-5-6-16(11)2/h4-7,10,14H,3,8H2,1-2H3. The Morgan fingerprint density at radius 3 is 2.94 bits per heavy atom. The number of rotatable bonds is 5. The van der Waals surface area contributed by atoms with Gasteiger partial charge in [-0.15, -0.1) is 11.3 Å². The highest BCUT2D eigenvalue weighted by Crippen LogP contribution is 2.30. The highest BCUT2D eigenvalue weighted by Gasteiger charge is 2.17. The average Bonchev–Trinajstić information content (AvgIpc) is 2.88. The summed E-state index contributed by atoms with van der Waals surface area (Å²) in [6.45, 7) is 3.02. The molecule has 0 bridgehead atoms. The predicted molar refractivity (Wildman–Crippen MR) is 72.7 cm³/mol. The summed E-state index contributed by atoms with van der Waals surface area (Å²) in [6.07, 6.45) is 4.65. The monoisotopic (exact) mass is 269 g/mol. The van der Waals surface area contributed by atoms with Gasteiger partial charge in [0.25, 0.3) is 0 Å². The van der Waals surface area contributed by atoms with Crippen LogP contribution in [0.3, 0.4) is 0 Å². The zero-order valence-electron chi connectivity index (χ0n) is 9.98. The molecule has 2 aromatic rings. The number of aromatic nitrogens is 2. The van der Waals surface area contributed by atoms with Crippen LogP contribution in [0.1, 0.15) is 23.7 Å². The molecule has 5 heteroatoms. The van der Waals surface area contributed by atoms with Gasteiger partial charge < -0.3 is 9.88 Å². The van der Waals surface area contributed by atoms with E-state index < -0.39 is 0 Å². The number of halogens is 1. The van der Waals surface area contributed by atoms with E-state index in [0.29, 0.717) is 0 Å². The van der Waals surface area contributed by atoms with E-state index in [4.69, 9.17) is 11.6 Å². The number of nitrogens with zero attached hydrogens (tertiary/aromatic N) is 2. The van der Waals surface area contributed by atoms with E-state index in [1.807, 2.05) is 35.5 Å². The lowest BCUT2D eigenvalue weighted by molar-refractivity contribution is 0.536. The summed E-state index contributed by atoms with van der Waals surface area (Å²) in [5.74, 6) is 1.07. The van der Waals surface area contributed by atoms with Crippen molar-refractivity contribution in [2.45, 2.75) is 19.4 Å². The fourth-order valence-electron chi connectivity index (χ4n) is 1.83. The van der Waals surface area contributed by atoms with Crippen molar-refractivity contribution in [3.05, 3.63) is 39.6 Å². The first kappa shape index (κ1) is 12.6. The molecule has 0 amide bonds. The Kier molecular flexibility index (Phi) is 4.20. The number of hydrogen-bond acceptors (Lipinski definition) is 3. The summed E-state index contributed by atoms with van der Waals surface area (Å²) in [6, 6.07) is 2.19. The molecule has 0 saturated heterocycles. The van der Waals surface area contributed by atoms with E-state index in [9.17, 15) is 0 Å². The number of likely N-dealkylation sites (N-methyl/N-ethyl adjacent to an activating group) is 1. The molecule has 2 aromatic heterocycles. The zero-order valence-corrected chi connectivity index (χ0v) is 11.6. The third-order valence-corrected chi connectivity index (χ3v) is 4.19. The molecule has 0 radical (unpaired) electrons. The first-order valence-corrected chi connectivity index (χ1v) is 6.90. The van der Waals surface area contributed by atoms with E-state index in [1.165, 1.54) is 4.88 Å². The van der Waals surface area contributed by atoms with Crippen LogP contribution in [0.4, 0.5) is 0 Å². The molecule has 0 aliphatic rings. The van der Waals surface area contributed by atoms with E-state index in [2.05, 4.69) is 17.2 Å². The lowest BCUT2D eigenvalue weighted by Gasteiger charge is -2.16. The molecule has 0 aliphatic carbocycles. The van der Waals surface area contributed by atoms with Gasteiger partial charge in [-0.2, -0.15) is 0 Å². The number of hydrogen-bond donors (Lipinski definition) is 1. The van der Waals surface area contributed by atoms with Gasteiger partial charge in [0.05, 0.1) is 11.1 Å². The maximum absolute atomic E-state index is 6.19. The highest BCUT2D eigenvalue weighted by atomic mass is 35.5. The van der Waals surface area contributed by atoms with Gasteiger partial charge in [0.1, 0.15) is 5.82 Å². The fraction of sp³-hybridized carbons (Fsp3) is 0.417. The van der Waals surface area contributed by atoms with Gasteiger partial charge in [-0.3, -0.25) is 0 Å². The maximum atomic E-state index is 6.19. The molecule has 1 atom stereocenters. The van der Waals surface area contributed by atoms with Crippen LogP contribution in [-0.2, 0) is 13.5 Å². The molecule has 0 fully saturated rings. The molecule has 3 nitrogen and oxygen atoms in total. The largest absolute Gasteiger partial charge is 0.338 e. The molecule has 0 aliphatic heterocycles. The van der Waals surface area contributed by atoms with Crippen LogP contribution < -0.4 is 5.32 Å². The number of nitrogens with one attached hydrogen (secondary N) is 1. The second-order valence-electron chi connectivity index (χ2n) is 3.90. The van der Waals surface area contributed by atoms with Gasteiger partial charge in [-0.1, -0.05) is 18.5 Å². The molecule has 1 unspecified atom stereocenters. The van der Waals surface area contributed by atoms with Crippen LogP contribution in [0.15, 0.2) is 23.8 Å². The van der Waals surface area contributed by atoms with Crippen molar-refractivity contribution in [2.24, 2.45) is 7.05 Å². The normalized spacial score (nSPS) is 12.9. The first-order valence-electron chi connectivity index (χ1n) is 5.64. The van der Waals surface area contributed by atoms with Crippen molar-refractivity contribution < 1.29 is 0 Å². The summed E-state index contributed by atoms with van der Waals surface area (Å²) in [7, 11) is 2.02. The van der Waals surface area contributed by atoms with Gasteiger partial charge in [0.15, 0.2) is 0 Å². The third-order valence-electron chi connectivity index (χ3n) is 2.72. The summed E-state index contributed by atoms with van der Waals surface area (Å²) < 4.78 is 2.05. The van der Waals surface area contributed by atoms with Crippen molar-refractivity contribution >= 4 is 22.9 Å². The zero-order chi connectivity index (χ0) is 12.3. The van der Waals surface area contributed by atoms with Gasteiger partial charge in [-0.05, 0) is 18.0 Å². The van der Waals surface area contributed by atoms with Crippen LogP contribution in [0, 0.1) is 0 Å². The molecule has 0 aromatic carbocycles. The van der Waals surface area contributed by atoms with Gasteiger partial charge in [-0.25, -0.2) is 4.98 Å². The van der Waals surface area contributed by atoms with E-state index in [-0.39, 0.29) is 6.04 Å². The Morgan fingerprint density at radius 2 is 2.41 bits per heavy atom. The number of thiophene rings is 1. The van der Waals surface area contributed by atoms with Crippen LogP contribution in [0.2, 0.25) is 5.02 Å². The molecular weight excluding hydrogens is 254 g/mol. The smallest absolute Gasteiger partial charge is 0.110 e. The molecule has 2 rings (SSSR count). The maximum Gasteiger partial charge on any atom is 0.110 e. The van der Waals surface area contributed by atoms with E-state index in [0.717, 1.165) is 23.8 Å². The molecular formula is C12H16ClN3S. The molecule has 0 saturated carbocycles. The summed E-state index contributed by atoms with van der Waals surface area (Å²) in [5, 5.41) is 6.33. The Labute approximate surface area is 110 Å². The van der Waals surface area contributed by atoms with Crippen molar-refractivity contribution in [3.8, 4) is 0 Å². The molecule has 17 heavy (non-hydrogen) atoms. The predicted octanol–water partition coefficient (Wildman–Crippen LogP) is 3.03. The van der Waals surface area contributed by atoms with Crippen molar-refractivity contribution in [2.75, 3.05) is 6.54 Å². The Bertz CT molecular complexity index is 478. The van der Waals surface area contributed by atoms with E-state index in [1.54, 1.807) is 11.3 Å². The highest BCUT2D eigenvalue weighted by molar-refractivity contribution is 7.10. The third kappa shape index (κ3) is 2.89. The summed E-state index contributed by atoms with van der Waals surface area (Å²) >= 11 is 7.89. The van der Waals surface area contributed by atoms with E-state index >= 15 is 0 Å². The molecule has 2 heterocycles. The fourth-order valence-corrected chi connectivity index (χ4v) is 3.10. The van der Waals surface area contributed by atoms with Gasteiger partial charge in [0, 0.05) is 30.7 Å². The minimum atomic E-state index is 0.244. The Balaban J connectivity index is 2.19. The second-order valence-corrected chi connectivity index (χ2v) is 5.26. The molecule has 0 spiro atoms. The average molecular weight is 270 g/mol. The summed E-state index contributed by atoms with van der Waals surface area (Å²) in [4.78, 5) is 5.55. The first-order chi connectivity index (χ1) is 8.22. The minimum Gasteiger partial charge on any atom is -0.338 e. The Hall–Kier alpha value is -0.840. The Morgan fingerprint density at radius 1 is 1.59 bits per heavy atom. The van der Waals surface area contributed by atoms with Crippen LogP contribution >= 0.6 is 22.9 Å². The number of imidazole rings is 1. The van der Waals surface area contributed by atoms with Crippen molar-refractivity contribution in [3.63, 3.8) is 0 Å². The topological polar surface area (TPSA) is 29.9 Å². The lowest BCUT2D eigenvalue weighted by atomic mass is 10.1.